The predicted molar refractivity (Wildman–Crippen MR) is 103 cm³/mol. The first-order valence-corrected chi connectivity index (χ1v) is 9.98. The Hall–Kier alpha value is -2.10. The molecule has 0 N–H and O–H groups in total. The summed E-state index contributed by atoms with van der Waals surface area (Å²) in [7, 11) is 0. The zero-order valence-electron chi connectivity index (χ0n) is 16.0. The number of halogens is 4. The summed E-state index contributed by atoms with van der Waals surface area (Å²) in [4.78, 5) is 0. The van der Waals surface area contributed by atoms with Crippen molar-refractivity contribution in [2.45, 2.75) is 57.5 Å². The highest BCUT2D eigenvalue weighted by atomic mass is 19.4. The van der Waals surface area contributed by atoms with Crippen LogP contribution >= 0.6 is 0 Å². The molecule has 0 radical (unpaired) electrons. The lowest BCUT2D eigenvalue weighted by molar-refractivity contribution is -0.140. The molecule has 2 aliphatic carbocycles. The van der Waals surface area contributed by atoms with Crippen LogP contribution < -0.4 is 0 Å². The molecule has 0 saturated heterocycles. The summed E-state index contributed by atoms with van der Waals surface area (Å²) in [5, 5.41) is 0. The van der Waals surface area contributed by atoms with Crippen LogP contribution in [0.2, 0.25) is 0 Å². The minimum Gasteiger partial charge on any atom is -0.206 e. The zero-order chi connectivity index (χ0) is 19.9. The molecule has 0 nitrogen and oxygen atoms in total. The standard InChI is InChI=1S/C24H24F4/c1-2-3-15-4-9-20-18(12-15)5-6-19-13-16(7-10-21(19)20)17-8-11-22(23(25)14-17)24(26,27)28/h2-3,5-6,8,11,14-16H,4,7,9-10,12-13H2,1H3/b3-2-/t15-,16-/m0/s1. The summed E-state index contributed by atoms with van der Waals surface area (Å²) < 4.78 is 52.4. The smallest absolute Gasteiger partial charge is 0.206 e. The van der Waals surface area contributed by atoms with Gasteiger partial charge in [0.1, 0.15) is 5.82 Å². The van der Waals surface area contributed by atoms with Crippen LogP contribution in [0.1, 0.15) is 59.1 Å². The van der Waals surface area contributed by atoms with E-state index in [9.17, 15) is 17.6 Å². The summed E-state index contributed by atoms with van der Waals surface area (Å²) in [6, 6.07) is 7.81. The van der Waals surface area contributed by atoms with Crippen molar-refractivity contribution in [1.82, 2.24) is 0 Å². The van der Waals surface area contributed by atoms with Gasteiger partial charge in [0.25, 0.3) is 0 Å². The summed E-state index contributed by atoms with van der Waals surface area (Å²) >= 11 is 0. The summed E-state index contributed by atoms with van der Waals surface area (Å²) in [5.74, 6) is -0.486. The van der Waals surface area contributed by atoms with Gasteiger partial charge in [0.15, 0.2) is 0 Å². The van der Waals surface area contributed by atoms with Crippen LogP contribution in [0.5, 0.6) is 0 Å². The number of allylic oxidation sites excluding steroid dienone is 2. The maximum absolute atomic E-state index is 14.0. The Morgan fingerprint density at radius 3 is 2.25 bits per heavy atom. The molecular formula is C24H24F4. The first-order valence-electron chi connectivity index (χ1n) is 9.98. The molecule has 28 heavy (non-hydrogen) atoms. The lowest BCUT2D eigenvalue weighted by atomic mass is 9.74. The number of hydrogen-bond acceptors (Lipinski definition) is 0. The van der Waals surface area contributed by atoms with E-state index in [2.05, 4.69) is 31.2 Å². The second kappa shape index (κ2) is 7.38. The van der Waals surface area contributed by atoms with Crippen LogP contribution in [0.25, 0.3) is 0 Å². The van der Waals surface area contributed by atoms with Gasteiger partial charge in [-0.05, 0) is 97.2 Å². The van der Waals surface area contributed by atoms with Crippen LogP contribution in [-0.4, -0.2) is 0 Å². The highest BCUT2D eigenvalue weighted by molar-refractivity contribution is 5.46. The van der Waals surface area contributed by atoms with Gasteiger partial charge in [-0.1, -0.05) is 30.4 Å². The van der Waals surface area contributed by atoms with Gasteiger partial charge in [-0.3, -0.25) is 0 Å². The van der Waals surface area contributed by atoms with Crippen molar-refractivity contribution in [3.8, 4) is 0 Å². The Morgan fingerprint density at radius 1 is 0.929 bits per heavy atom. The maximum atomic E-state index is 14.0. The first-order chi connectivity index (χ1) is 13.4. The SMILES string of the molecule is C/C=C\[C@H]1CCc2c(ccc3c2CC[C@H](c2ccc(C(F)(F)F)c(F)c2)C3)C1. The molecule has 0 bridgehead atoms. The van der Waals surface area contributed by atoms with Gasteiger partial charge < -0.3 is 0 Å². The van der Waals surface area contributed by atoms with Gasteiger partial charge in [0.05, 0.1) is 5.56 Å². The molecule has 0 heterocycles. The monoisotopic (exact) mass is 388 g/mol. The predicted octanol–water partition coefficient (Wildman–Crippen LogP) is 6.80. The van der Waals surface area contributed by atoms with Gasteiger partial charge in [-0.25, -0.2) is 4.39 Å². The topological polar surface area (TPSA) is 0 Å². The Labute approximate surface area is 163 Å². The van der Waals surface area contributed by atoms with Crippen molar-refractivity contribution in [2.24, 2.45) is 5.92 Å². The van der Waals surface area contributed by atoms with Crippen molar-refractivity contribution in [1.29, 1.82) is 0 Å². The molecule has 2 atom stereocenters. The Balaban J connectivity index is 1.57. The van der Waals surface area contributed by atoms with Crippen LogP contribution in [0, 0.1) is 11.7 Å². The fraction of sp³-hybridized carbons (Fsp3) is 0.417. The normalized spacial score (nSPS) is 22.2. The number of alkyl halides is 3. The summed E-state index contributed by atoms with van der Waals surface area (Å²) in [6.45, 7) is 2.06. The molecule has 148 valence electrons. The number of hydrogen-bond donors (Lipinski definition) is 0. The third-order valence-corrected chi connectivity index (χ3v) is 6.32. The fourth-order valence-corrected chi connectivity index (χ4v) is 4.93. The van der Waals surface area contributed by atoms with Gasteiger partial charge in [0.2, 0.25) is 0 Å². The molecule has 4 heteroatoms. The first kappa shape index (κ1) is 19.2. The molecule has 0 amide bonds. The third-order valence-electron chi connectivity index (χ3n) is 6.32. The van der Waals surface area contributed by atoms with Crippen LogP contribution in [0.15, 0.2) is 42.5 Å². The van der Waals surface area contributed by atoms with E-state index in [1.165, 1.54) is 34.7 Å². The molecule has 2 aromatic rings. The molecule has 0 fully saturated rings. The average Bonchev–Trinajstić information content (AvgIpc) is 2.66. The molecular weight excluding hydrogens is 364 g/mol. The van der Waals surface area contributed by atoms with Gasteiger partial charge in [-0.2, -0.15) is 13.2 Å². The number of fused-ring (bicyclic) bond motifs is 3. The summed E-state index contributed by atoms with van der Waals surface area (Å²) in [6.07, 6.45) is 5.65. The molecule has 2 aliphatic rings. The van der Waals surface area contributed by atoms with Crippen molar-refractivity contribution < 1.29 is 17.6 Å². The fourth-order valence-electron chi connectivity index (χ4n) is 4.93. The van der Waals surface area contributed by atoms with E-state index in [0.29, 0.717) is 11.5 Å². The van der Waals surface area contributed by atoms with Crippen molar-refractivity contribution in [3.63, 3.8) is 0 Å². The van der Waals surface area contributed by atoms with Crippen LogP contribution in [-0.2, 0) is 31.9 Å². The maximum Gasteiger partial charge on any atom is 0.419 e. The van der Waals surface area contributed by atoms with E-state index in [1.54, 1.807) is 0 Å². The third kappa shape index (κ3) is 3.61. The molecule has 0 aromatic heterocycles. The Bertz CT molecular complexity index is 908. The molecule has 0 spiro atoms. The lowest BCUT2D eigenvalue weighted by Gasteiger charge is -2.31. The van der Waals surface area contributed by atoms with Crippen LogP contribution in [0.4, 0.5) is 17.6 Å². The van der Waals surface area contributed by atoms with Gasteiger partial charge in [0, 0.05) is 0 Å². The van der Waals surface area contributed by atoms with E-state index in [0.717, 1.165) is 44.2 Å². The largest absolute Gasteiger partial charge is 0.419 e. The highest BCUT2D eigenvalue weighted by Crippen LogP contribution is 2.40. The lowest BCUT2D eigenvalue weighted by Crippen LogP contribution is -2.20. The second-order valence-electron chi connectivity index (χ2n) is 8.05. The molecule has 0 aliphatic heterocycles. The van der Waals surface area contributed by atoms with Gasteiger partial charge in [-0.15, -0.1) is 0 Å². The minimum atomic E-state index is -4.65. The number of benzene rings is 2. The van der Waals surface area contributed by atoms with E-state index < -0.39 is 17.6 Å². The summed E-state index contributed by atoms with van der Waals surface area (Å²) in [5.41, 5.74) is 5.11. The Morgan fingerprint density at radius 2 is 1.61 bits per heavy atom. The van der Waals surface area contributed by atoms with Crippen LogP contribution in [0.3, 0.4) is 0 Å². The van der Waals surface area contributed by atoms with Crippen molar-refractivity contribution in [3.05, 3.63) is 81.7 Å². The van der Waals surface area contributed by atoms with Crippen molar-refractivity contribution in [2.75, 3.05) is 0 Å². The second-order valence-corrected chi connectivity index (χ2v) is 8.05. The quantitative estimate of drug-likeness (QED) is 0.392. The van der Waals surface area contributed by atoms with E-state index in [-0.39, 0.29) is 5.92 Å². The molecule has 0 saturated carbocycles. The van der Waals surface area contributed by atoms with Crippen molar-refractivity contribution >= 4 is 0 Å². The van der Waals surface area contributed by atoms with E-state index in [4.69, 9.17) is 0 Å². The average molecular weight is 388 g/mol. The number of rotatable bonds is 2. The Kier molecular flexibility index (Phi) is 5.07. The molecule has 0 unspecified atom stereocenters. The highest BCUT2D eigenvalue weighted by Gasteiger charge is 2.34. The zero-order valence-corrected chi connectivity index (χ0v) is 16.0. The van der Waals surface area contributed by atoms with E-state index >= 15 is 0 Å². The molecule has 4 rings (SSSR count). The molecule has 2 aromatic carbocycles. The van der Waals surface area contributed by atoms with Gasteiger partial charge >= 0.3 is 6.18 Å². The van der Waals surface area contributed by atoms with E-state index in [1.807, 2.05) is 0 Å². The minimum absolute atomic E-state index is 0.0710.